The lowest BCUT2D eigenvalue weighted by molar-refractivity contribution is -0.125. The summed E-state index contributed by atoms with van der Waals surface area (Å²) in [6, 6.07) is 12.6. The first-order valence-corrected chi connectivity index (χ1v) is 12.7. The molecule has 1 N–H and O–H groups in total. The number of nitrogens with one attached hydrogen (secondary N) is 1. The van der Waals surface area contributed by atoms with Gasteiger partial charge in [-0.3, -0.25) is 14.2 Å². The molecule has 7 nitrogen and oxygen atoms in total. The van der Waals surface area contributed by atoms with Crippen LogP contribution in [0.1, 0.15) is 37.8 Å². The second kappa shape index (κ2) is 11.9. The minimum Gasteiger partial charge on any atom is -0.489 e. The van der Waals surface area contributed by atoms with E-state index in [1.54, 1.807) is 24.3 Å². The molecule has 1 saturated heterocycles. The molecule has 9 heteroatoms. The monoisotopic (exact) mass is 529 g/mol. The molecule has 0 amide bonds. The summed E-state index contributed by atoms with van der Waals surface area (Å²) in [5, 5.41) is 4.25. The summed E-state index contributed by atoms with van der Waals surface area (Å²) in [5.74, 6) is 0.870. The van der Waals surface area contributed by atoms with Crippen molar-refractivity contribution in [2.75, 3.05) is 18.5 Å². The van der Waals surface area contributed by atoms with Crippen molar-refractivity contribution in [3.8, 4) is 5.75 Å². The Hall–Kier alpha value is -2.87. The van der Waals surface area contributed by atoms with Gasteiger partial charge in [0.25, 0.3) is 5.56 Å². The van der Waals surface area contributed by atoms with Crippen molar-refractivity contribution in [2.24, 2.45) is 5.92 Å². The predicted octanol–water partition coefficient (Wildman–Crippen LogP) is 5.67. The summed E-state index contributed by atoms with van der Waals surface area (Å²) in [6.45, 7) is 5.25. The molecular weight excluding hydrogens is 501 g/mol. The standard InChI is InChI=1S/C27H29Cl2N3O4/c1-17(2)36-25-8-7-22(14-23(25)29)31-27-30-15-20(13-24(33)19-9-11-35-12-10-19)26(34)32(27)16-18-3-5-21(28)6-4-18/h3-8,14-15,17,19H,9-13,16H2,1-2H3,(H,30,31). The Morgan fingerprint density at radius 1 is 1.17 bits per heavy atom. The Morgan fingerprint density at radius 2 is 1.89 bits per heavy atom. The van der Waals surface area contributed by atoms with E-state index in [2.05, 4.69) is 10.3 Å². The molecule has 190 valence electrons. The van der Waals surface area contributed by atoms with Crippen LogP contribution in [0.25, 0.3) is 0 Å². The first kappa shape index (κ1) is 26.2. The van der Waals surface area contributed by atoms with Gasteiger partial charge in [-0.1, -0.05) is 35.3 Å². The maximum absolute atomic E-state index is 13.5. The largest absolute Gasteiger partial charge is 0.489 e. The zero-order valence-electron chi connectivity index (χ0n) is 20.3. The Balaban J connectivity index is 1.64. The number of carbonyl (C=O) groups is 1. The Kier molecular flexibility index (Phi) is 8.67. The number of Topliss-reactive ketones (excluding diaryl/α,β-unsaturated/α-hetero) is 1. The van der Waals surface area contributed by atoms with Gasteiger partial charge in [0, 0.05) is 48.0 Å². The van der Waals surface area contributed by atoms with Gasteiger partial charge in [-0.25, -0.2) is 4.98 Å². The Bertz CT molecular complexity index is 1270. The number of halogens is 2. The Morgan fingerprint density at radius 3 is 2.56 bits per heavy atom. The highest BCUT2D eigenvalue weighted by Gasteiger charge is 2.23. The SMILES string of the molecule is CC(C)Oc1ccc(Nc2ncc(CC(=O)C3CCOCC3)c(=O)n2Cc2ccc(Cl)cc2)cc1Cl. The van der Waals surface area contributed by atoms with Crippen molar-refractivity contribution in [3.63, 3.8) is 0 Å². The molecule has 1 aromatic heterocycles. The van der Waals surface area contributed by atoms with Gasteiger partial charge in [0.1, 0.15) is 11.5 Å². The van der Waals surface area contributed by atoms with Gasteiger partial charge < -0.3 is 14.8 Å². The van der Waals surface area contributed by atoms with Crippen LogP contribution in [0.5, 0.6) is 5.75 Å². The maximum atomic E-state index is 13.5. The van der Waals surface area contributed by atoms with Gasteiger partial charge in [0.15, 0.2) is 0 Å². The summed E-state index contributed by atoms with van der Waals surface area (Å²) in [6.07, 6.45) is 2.89. The number of aromatic nitrogens is 2. The van der Waals surface area contributed by atoms with Crippen LogP contribution in [0, 0.1) is 5.92 Å². The molecule has 0 radical (unpaired) electrons. The fraction of sp³-hybridized carbons (Fsp3) is 0.370. The summed E-state index contributed by atoms with van der Waals surface area (Å²) in [7, 11) is 0. The zero-order valence-corrected chi connectivity index (χ0v) is 21.8. The third-order valence-corrected chi connectivity index (χ3v) is 6.51. The molecule has 2 aromatic carbocycles. The molecule has 4 rings (SSSR count). The van der Waals surface area contributed by atoms with Crippen molar-refractivity contribution in [1.29, 1.82) is 0 Å². The topological polar surface area (TPSA) is 82.5 Å². The number of carbonyl (C=O) groups excluding carboxylic acids is 1. The maximum Gasteiger partial charge on any atom is 0.258 e. The summed E-state index contributed by atoms with van der Waals surface area (Å²) < 4.78 is 12.6. The highest BCUT2D eigenvalue weighted by molar-refractivity contribution is 6.32. The second-order valence-corrected chi connectivity index (χ2v) is 9.93. The summed E-state index contributed by atoms with van der Waals surface area (Å²) in [4.78, 5) is 30.9. The molecule has 0 aliphatic carbocycles. The number of benzene rings is 2. The quantitative estimate of drug-likeness (QED) is 0.384. The van der Waals surface area contributed by atoms with Gasteiger partial charge >= 0.3 is 0 Å². The molecular formula is C27H29Cl2N3O4. The molecule has 3 aromatic rings. The third-order valence-electron chi connectivity index (χ3n) is 5.96. The van der Waals surface area contributed by atoms with Gasteiger partial charge in [-0.2, -0.15) is 0 Å². The lowest BCUT2D eigenvalue weighted by atomic mass is 9.92. The van der Waals surface area contributed by atoms with E-state index in [9.17, 15) is 9.59 Å². The Labute approximate surface area is 220 Å². The van der Waals surface area contributed by atoms with E-state index in [0.29, 0.717) is 59.0 Å². The van der Waals surface area contributed by atoms with Crippen molar-refractivity contribution < 1.29 is 14.3 Å². The number of hydrogen-bond donors (Lipinski definition) is 1. The lowest BCUT2D eigenvalue weighted by Crippen LogP contribution is -2.31. The third kappa shape index (κ3) is 6.66. The van der Waals surface area contributed by atoms with Crippen LogP contribution in [-0.4, -0.2) is 34.7 Å². The molecule has 2 heterocycles. The second-order valence-electron chi connectivity index (χ2n) is 9.09. The van der Waals surface area contributed by atoms with Gasteiger partial charge in [-0.05, 0) is 62.6 Å². The van der Waals surface area contributed by atoms with E-state index in [0.717, 1.165) is 5.56 Å². The van der Waals surface area contributed by atoms with E-state index >= 15 is 0 Å². The average Bonchev–Trinajstić information content (AvgIpc) is 2.86. The fourth-order valence-electron chi connectivity index (χ4n) is 4.08. The van der Waals surface area contributed by atoms with Crippen LogP contribution in [0.2, 0.25) is 10.0 Å². The molecule has 1 aliphatic rings. The van der Waals surface area contributed by atoms with E-state index in [1.807, 2.05) is 32.0 Å². The van der Waals surface area contributed by atoms with Crippen molar-refractivity contribution in [3.05, 3.63) is 80.2 Å². The number of nitrogens with zero attached hydrogens (tertiary/aromatic N) is 2. The smallest absolute Gasteiger partial charge is 0.258 e. The lowest BCUT2D eigenvalue weighted by Gasteiger charge is -2.21. The van der Waals surface area contributed by atoms with E-state index in [4.69, 9.17) is 32.7 Å². The van der Waals surface area contributed by atoms with Crippen LogP contribution >= 0.6 is 23.2 Å². The van der Waals surface area contributed by atoms with E-state index in [1.165, 1.54) is 10.8 Å². The average molecular weight is 530 g/mol. The highest BCUT2D eigenvalue weighted by Crippen LogP contribution is 2.29. The van der Waals surface area contributed by atoms with E-state index in [-0.39, 0.29) is 36.3 Å². The molecule has 0 atom stereocenters. The normalized spacial score (nSPS) is 14.1. The molecule has 0 bridgehead atoms. The minimum atomic E-state index is -0.270. The van der Waals surface area contributed by atoms with Crippen molar-refractivity contribution in [2.45, 2.75) is 45.8 Å². The van der Waals surface area contributed by atoms with Crippen molar-refractivity contribution in [1.82, 2.24) is 9.55 Å². The van der Waals surface area contributed by atoms with Gasteiger partial charge in [0.05, 0.1) is 17.7 Å². The number of anilines is 2. The molecule has 0 spiro atoms. The zero-order chi connectivity index (χ0) is 25.7. The van der Waals surface area contributed by atoms with Crippen LogP contribution in [0.15, 0.2) is 53.5 Å². The van der Waals surface area contributed by atoms with Gasteiger partial charge in [0.2, 0.25) is 5.95 Å². The summed E-state index contributed by atoms with van der Waals surface area (Å²) in [5.41, 5.74) is 1.62. The minimum absolute atomic E-state index is 0.0103. The fourth-order valence-corrected chi connectivity index (χ4v) is 4.43. The first-order chi connectivity index (χ1) is 17.3. The number of hydrogen-bond acceptors (Lipinski definition) is 6. The first-order valence-electron chi connectivity index (χ1n) is 12.0. The number of rotatable bonds is 9. The van der Waals surface area contributed by atoms with Crippen LogP contribution in [0.3, 0.4) is 0 Å². The van der Waals surface area contributed by atoms with Crippen LogP contribution in [0.4, 0.5) is 11.6 Å². The van der Waals surface area contributed by atoms with Crippen LogP contribution in [-0.2, 0) is 22.5 Å². The predicted molar refractivity (Wildman–Crippen MR) is 142 cm³/mol. The van der Waals surface area contributed by atoms with Gasteiger partial charge in [-0.15, -0.1) is 0 Å². The summed E-state index contributed by atoms with van der Waals surface area (Å²) >= 11 is 12.4. The highest BCUT2D eigenvalue weighted by atomic mass is 35.5. The van der Waals surface area contributed by atoms with E-state index < -0.39 is 0 Å². The van der Waals surface area contributed by atoms with Crippen LogP contribution < -0.4 is 15.6 Å². The molecule has 0 unspecified atom stereocenters. The molecule has 1 fully saturated rings. The number of ketones is 1. The molecule has 0 saturated carbocycles. The molecule has 1 aliphatic heterocycles. The molecule has 36 heavy (non-hydrogen) atoms. The van der Waals surface area contributed by atoms with Crippen molar-refractivity contribution >= 4 is 40.6 Å². The number of ether oxygens (including phenoxy) is 2.